The number of H-pyrrole nitrogens is 1. The van der Waals surface area contributed by atoms with Crippen LogP contribution in [0.5, 0.6) is 5.75 Å². The average molecular weight is 451 g/mol. The van der Waals surface area contributed by atoms with E-state index < -0.39 is 43.3 Å². The third-order valence-electron chi connectivity index (χ3n) is 4.21. The van der Waals surface area contributed by atoms with Gasteiger partial charge in [-0.2, -0.15) is 5.09 Å². The molecule has 1 aromatic carbocycles. The molecule has 11 nitrogen and oxygen atoms in total. The smallest absolute Gasteiger partial charge is 0.459 e. The maximum atomic E-state index is 13.3. The lowest BCUT2D eigenvalue weighted by molar-refractivity contribution is -0.142. The lowest BCUT2D eigenvalue weighted by Gasteiger charge is -2.24. The zero-order valence-corrected chi connectivity index (χ0v) is 17.7. The van der Waals surface area contributed by atoms with Gasteiger partial charge in [0.25, 0.3) is 5.56 Å². The van der Waals surface area contributed by atoms with Crippen molar-refractivity contribution in [2.45, 2.75) is 25.3 Å². The first-order valence-electron chi connectivity index (χ1n) is 9.30. The van der Waals surface area contributed by atoms with Crippen molar-refractivity contribution in [1.82, 2.24) is 14.6 Å². The van der Waals surface area contributed by atoms with Gasteiger partial charge >= 0.3 is 19.4 Å². The Balaban J connectivity index is 1.68. The quantitative estimate of drug-likeness (QED) is 0.329. The summed E-state index contributed by atoms with van der Waals surface area (Å²) in [5.41, 5.74) is -1.15. The monoisotopic (exact) mass is 451 g/mol. The second-order valence-corrected chi connectivity index (χ2v) is 8.23. The average Bonchev–Trinajstić information content (AvgIpc) is 3.21. The van der Waals surface area contributed by atoms with Crippen LogP contribution in [0.4, 0.5) is 0 Å². The maximum absolute atomic E-state index is 13.3. The van der Waals surface area contributed by atoms with Crippen LogP contribution in [0.1, 0.15) is 13.2 Å². The summed E-state index contributed by atoms with van der Waals surface area (Å²) < 4.78 is 35.8. The molecule has 2 heterocycles. The molecule has 12 heteroatoms. The number of benzene rings is 1. The molecule has 3 rings (SSSR count). The molecule has 1 unspecified atom stereocenters. The van der Waals surface area contributed by atoms with Crippen LogP contribution >= 0.6 is 7.75 Å². The van der Waals surface area contributed by atoms with Gasteiger partial charge in [-0.3, -0.25) is 23.7 Å². The van der Waals surface area contributed by atoms with E-state index in [-0.39, 0.29) is 12.4 Å². The van der Waals surface area contributed by atoms with Gasteiger partial charge in [-0.25, -0.2) is 9.36 Å². The number of aromatic amines is 1. The maximum Gasteiger partial charge on any atom is 0.459 e. The molecule has 0 bridgehead atoms. The summed E-state index contributed by atoms with van der Waals surface area (Å²) in [6.07, 6.45) is 3.10. The number of nitrogens with zero attached hydrogens (tertiary/aromatic N) is 1. The molecule has 31 heavy (non-hydrogen) atoms. The lowest BCUT2D eigenvalue weighted by atomic mass is 10.3. The zero-order valence-electron chi connectivity index (χ0n) is 16.8. The van der Waals surface area contributed by atoms with Crippen LogP contribution < -0.4 is 20.9 Å². The predicted octanol–water partition coefficient (Wildman–Crippen LogP) is 1.34. The number of hydrogen-bond donors (Lipinski definition) is 2. The van der Waals surface area contributed by atoms with E-state index >= 15 is 0 Å². The molecule has 0 saturated carbocycles. The van der Waals surface area contributed by atoms with Gasteiger partial charge in [-0.1, -0.05) is 24.3 Å². The van der Waals surface area contributed by atoms with Crippen molar-refractivity contribution in [3.63, 3.8) is 0 Å². The Hall–Kier alpha value is -2.98. The molecular weight excluding hydrogens is 429 g/mol. The fourth-order valence-corrected chi connectivity index (χ4v) is 4.22. The van der Waals surface area contributed by atoms with Crippen LogP contribution in [-0.2, 0) is 23.4 Å². The molecule has 4 atom stereocenters. The van der Waals surface area contributed by atoms with E-state index in [1.54, 1.807) is 42.5 Å². The Labute approximate surface area is 177 Å². The first-order valence-corrected chi connectivity index (χ1v) is 10.8. The van der Waals surface area contributed by atoms with Gasteiger partial charge in [-0.05, 0) is 25.1 Å². The highest BCUT2D eigenvalue weighted by molar-refractivity contribution is 7.52. The van der Waals surface area contributed by atoms with Gasteiger partial charge in [0, 0.05) is 12.3 Å². The summed E-state index contributed by atoms with van der Waals surface area (Å²) in [5.74, 6) is -0.369. The van der Waals surface area contributed by atoms with Crippen molar-refractivity contribution >= 4 is 13.7 Å². The van der Waals surface area contributed by atoms with Crippen molar-refractivity contribution in [3.8, 4) is 5.75 Å². The molecule has 1 aromatic heterocycles. The van der Waals surface area contributed by atoms with E-state index in [1.165, 1.54) is 30.9 Å². The first kappa shape index (κ1) is 22.7. The van der Waals surface area contributed by atoms with Crippen molar-refractivity contribution in [2.75, 3.05) is 13.7 Å². The Morgan fingerprint density at radius 1 is 1.26 bits per heavy atom. The number of carbonyl (C=O) groups excluding carboxylic acids is 1. The van der Waals surface area contributed by atoms with Crippen molar-refractivity contribution in [3.05, 3.63) is 75.6 Å². The number of aromatic nitrogens is 2. The van der Waals surface area contributed by atoms with Crippen molar-refractivity contribution in [1.29, 1.82) is 0 Å². The predicted molar refractivity (Wildman–Crippen MR) is 110 cm³/mol. The molecular formula is C19H22N3O8P. The van der Waals surface area contributed by atoms with E-state index in [0.29, 0.717) is 0 Å². The number of para-hydroxylation sites is 1. The summed E-state index contributed by atoms with van der Waals surface area (Å²) in [4.78, 5) is 37.0. The highest BCUT2D eigenvalue weighted by Gasteiger charge is 2.34. The molecule has 0 aliphatic carbocycles. The Kier molecular flexibility index (Phi) is 7.24. The van der Waals surface area contributed by atoms with Crippen LogP contribution in [0.3, 0.4) is 0 Å². The lowest BCUT2D eigenvalue weighted by Crippen LogP contribution is -2.35. The van der Waals surface area contributed by atoms with Gasteiger partial charge in [0.15, 0.2) is 6.23 Å². The third-order valence-corrected chi connectivity index (χ3v) is 5.86. The van der Waals surface area contributed by atoms with E-state index in [1.807, 2.05) is 0 Å². The fourth-order valence-electron chi connectivity index (χ4n) is 2.72. The van der Waals surface area contributed by atoms with Gasteiger partial charge in [-0.15, -0.1) is 0 Å². The van der Waals surface area contributed by atoms with Crippen LogP contribution in [-0.4, -0.2) is 41.4 Å². The molecule has 0 spiro atoms. The fraction of sp³-hybridized carbons (Fsp3) is 0.316. The Morgan fingerprint density at radius 3 is 2.68 bits per heavy atom. The number of hydrogen-bond acceptors (Lipinski definition) is 8. The van der Waals surface area contributed by atoms with Crippen LogP contribution in [0, 0.1) is 0 Å². The van der Waals surface area contributed by atoms with Crippen LogP contribution in [0.25, 0.3) is 0 Å². The number of ether oxygens (including phenoxy) is 2. The number of rotatable bonds is 9. The molecule has 0 amide bonds. The Morgan fingerprint density at radius 2 is 2.00 bits per heavy atom. The topological polar surface area (TPSA) is 138 Å². The minimum absolute atomic E-state index is 0.198. The van der Waals surface area contributed by atoms with Crippen LogP contribution in [0.2, 0.25) is 0 Å². The molecule has 166 valence electrons. The summed E-state index contributed by atoms with van der Waals surface area (Å²) in [6, 6.07) is 8.56. The highest BCUT2D eigenvalue weighted by atomic mass is 31.2. The third kappa shape index (κ3) is 6.02. The number of methoxy groups -OCH3 is 1. The molecule has 2 N–H and O–H groups in total. The van der Waals surface area contributed by atoms with E-state index in [0.717, 1.165) is 0 Å². The number of nitrogens with one attached hydrogen (secondary N) is 2. The van der Waals surface area contributed by atoms with Gasteiger partial charge in [0.05, 0.1) is 13.7 Å². The molecule has 0 saturated heterocycles. The summed E-state index contributed by atoms with van der Waals surface area (Å²) in [7, 11) is -2.80. The van der Waals surface area contributed by atoms with Crippen molar-refractivity contribution in [2.24, 2.45) is 0 Å². The van der Waals surface area contributed by atoms with Gasteiger partial charge in [0.1, 0.15) is 17.9 Å². The van der Waals surface area contributed by atoms with Crippen molar-refractivity contribution < 1.29 is 27.9 Å². The molecule has 0 fully saturated rings. The summed E-state index contributed by atoms with van der Waals surface area (Å²) in [5, 5.41) is 2.54. The molecule has 0 radical (unpaired) electrons. The SMILES string of the molecule is COC(=O)[C@H](C)NP(=O)(OC[C@@H]1C=C[C@H](n2ccc(=O)[nH]c2=O)O1)Oc1ccccc1. The normalized spacial score (nSPS) is 20.7. The second kappa shape index (κ2) is 9.88. The zero-order chi connectivity index (χ0) is 22.4. The van der Waals surface area contributed by atoms with E-state index in [9.17, 15) is 18.9 Å². The summed E-state index contributed by atoms with van der Waals surface area (Å²) >= 11 is 0. The first-order chi connectivity index (χ1) is 14.8. The standard InChI is InChI=1S/C19H22N3O8P/c1-13(18(24)27-2)21-31(26,30-14-6-4-3-5-7-14)28-12-15-8-9-17(29-15)22-11-10-16(23)20-19(22)25/h3-11,13,15,17H,12H2,1-2H3,(H,21,26)(H,20,23,25)/t13-,15-,17+,31?/m0/s1. The largest absolute Gasteiger partial charge is 0.468 e. The summed E-state index contributed by atoms with van der Waals surface area (Å²) in [6.45, 7) is 1.26. The molecule has 1 aliphatic rings. The van der Waals surface area contributed by atoms with Gasteiger partial charge in [0.2, 0.25) is 0 Å². The minimum Gasteiger partial charge on any atom is -0.468 e. The van der Waals surface area contributed by atoms with Gasteiger partial charge < -0.3 is 14.0 Å². The molecule has 1 aliphatic heterocycles. The molecule has 2 aromatic rings. The van der Waals surface area contributed by atoms with E-state index in [4.69, 9.17) is 13.8 Å². The Bertz CT molecular complexity index is 1100. The minimum atomic E-state index is -4.01. The highest BCUT2D eigenvalue weighted by Crippen LogP contribution is 2.45. The van der Waals surface area contributed by atoms with Crippen LogP contribution in [0.15, 0.2) is 64.3 Å². The number of esters is 1. The second-order valence-electron chi connectivity index (χ2n) is 6.54. The van der Waals surface area contributed by atoms with E-state index in [2.05, 4.69) is 14.8 Å². The number of carbonyl (C=O) groups is 1.